The Morgan fingerprint density at radius 2 is 2.17 bits per heavy atom. The molecule has 0 radical (unpaired) electrons. The molecular formula is C15H16ClN3O3S. The monoisotopic (exact) mass is 353 g/mol. The Labute approximate surface area is 142 Å². The quantitative estimate of drug-likeness (QED) is 0.819. The maximum atomic E-state index is 11.1. The van der Waals surface area contributed by atoms with Crippen LogP contribution in [-0.2, 0) is 0 Å². The van der Waals surface area contributed by atoms with Crippen molar-refractivity contribution in [2.75, 3.05) is 6.61 Å². The molecule has 0 unspecified atom stereocenters. The predicted molar refractivity (Wildman–Crippen MR) is 86.4 cm³/mol. The number of aromatic amines is 1. The molecule has 1 aliphatic rings. The summed E-state index contributed by atoms with van der Waals surface area (Å²) in [6.45, 7) is 0.704. The molecule has 0 aliphatic heterocycles. The molecule has 1 aliphatic carbocycles. The van der Waals surface area contributed by atoms with Crippen molar-refractivity contribution in [2.45, 2.75) is 35.6 Å². The molecule has 1 saturated carbocycles. The van der Waals surface area contributed by atoms with Crippen LogP contribution in [0.25, 0.3) is 0 Å². The second kappa shape index (κ2) is 7.23. The number of benzene rings is 1. The average molecular weight is 354 g/mol. The zero-order valence-electron chi connectivity index (χ0n) is 12.3. The van der Waals surface area contributed by atoms with Crippen molar-refractivity contribution in [2.24, 2.45) is 5.92 Å². The number of aromatic carboxylic acids is 1. The number of hydrogen-bond acceptors (Lipinski definition) is 5. The van der Waals surface area contributed by atoms with E-state index in [9.17, 15) is 4.79 Å². The minimum atomic E-state index is -1.13. The second-order valence-corrected chi connectivity index (χ2v) is 6.88. The summed E-state index contributed by atoms with van der Waals surface area (Å²) < 4.78 is 5.85. The number of halogens is 1. The van der Waals surface area contributed by atoms with E-state index in [1.165, 1.54) is 25.7 Å². The fourth-order valence-electron chi connectivity index (χ4n) is 2.58. The van der Waals surface area contributed by atoms with E-state index < -0.39 is 5.97 Å². The molecular weight excluding hydrogens is 338 g/mol. The number of ether oxygens (including phenoxy) is 1. The van der Waals surface area contributed by atoms with Gasteiger partial charge in [0.1, 0.15) is 5.75 Å². The summed E-state index contributed by atoms with van der Waals surface area (Å²) in [5.41, 5.74) is -0.122. The zero-order chi connectivity index (χ0) is 16.2. The summed E-state index contributed by atoms with van der Waals surface area (Å²) in [7, 11) is 0. The Balaban J connectivity index is 1.72. The molecule has 6 nitrogen and oxygen atoms in total. The molecule has 23 heavy (non-hydrogen) atoms. The van der Waals surface area contributed by atoms with Crippen LogP contribution in [0.2, 0.25) is 5.02 Å². The normalized spacial score (nSPS) is 15.0. The molecule has 0 saturated heterocycles. The number of nitrogens with one attached hydrogen (secondary N) is 1. The van der Waals surface area contributed by atoms with Gasteiger partial charge in [0.05, 0.1) is 11.6 Å². The minimum Gasteiger partial charge on any atom is -0.493 e. The molecule has 0 spiro atoms. The highest BCUT2D eigenvalue weighted by Gasteiger charge is 2.19. The van der Waals surface area contributed by atoms with Crippen LogP contribution in [0.4, 0.5) is 0 Å². The number of aromatic nitrogens is 3. The summed E-state index contributed by atoms with van der Waals surface area (Å²) in [6, 6.07) is 5.37. The lowest BCUT2D eigenvalue weighted by Gasteiger charge is -2.12. The third-order valence-electron chi connectivity index (χ3n) is 3.79. The van der Waals surface area contributed by atoms with Gasteiger partial charge in [-0.1, -0.05) is 36.2 Å². The van der Waals surface area contributed by atoms with Crippen molar-refractivity contribution in [3.05, 3.63) is 28.9 Å². The van der Waals surface area contributed by atoms with Gasteiger partial charge in [-0.25, -0.2) is 4.79 Å². The largest absolute Gasteiger partial charge is 0.493 e. The molecule has 122 valence electrons. The lowest BCUT2D eigenvalue weighted by atomic mass is 10.1. The lowest BCUT2D eigenvalue weighted by molar-refractivity contribution is 0.0686. The summed E-state index contributed by atoms with van der Waals surface area (Å²) in [6.07, 6.45) is 4.99. The molecule has 1 aromatic carbocycles. The zero-order valence-corrected chi connectivity index (χ0v) is 13.9. The van der Waals surface area contributed by atoms with E-state index >= 15 is 0 Å². The second-order valence-electron chi connectivity index (χ2n) is 5.44. The van der Waals surface area contributed by atoms with E-state index in [1.807, 2.05) is 12.1 Å². The van der Waals surface area contributed by atoms with E-state index in [-0.39, 0.29) is 10.7 Å². The van der Waals surface area contributed by atoms with Gasteiger partial charge in [-0.15, -0.1) is 10.2 Å². The van der Waals surface area contributed by atoms with E-state index in [4.69, 9.17) is 21.4 Å². The number of nitrogens with zero attached hydrogens (tertiary/aromatic N) is 2. The number of carbonyl (C=O) groups is 1. The molecule has 1 heterocycles. The van der Waals surface area contributed by atoms with Gasteiger partial charge in [-0.3, -0.25) is 0 Å². The molecule has 2 aromatic rings. The van der Waals surface area contributed by atoms with Crippen LogP contribution >= 0.6 is 23.4 Å². The Bertz CT molecular complexity index is 701. The van der Waals surface area contributed by atoms with Gasteiger partial charge in [-0.2, -0.15) is 5.21 Å². The highest BCUT2D eigenvalue weighted by atomic mass is 35.5. The third-order valence-corrected chi connectivity index (χ3v) is 5.27. The molecule has 8 heteroatoms. The molecule has 2 N–H and O–H groups in total. The third kappa shape index (κ3) is 3.97. The number of hydrogen-bond donors (Lipinski definition) is 2. The van der Waals surface area contributed by atoms with Crippen LogP contribution in [0.5, 0.6) is 5.75 Å². The van der Waals surface area contributed by atoms with Crippen LogP contribution in [0.15, 0.2) is 28.1 Å². The van der Waals surface area contributed by atoms with Gasteiger partial charge in [0.15, 0.2) is 5.03 Å². The van der Waals surface area contributed by atoms with Crippen LogP contribution in [0.3, 0.4) is 0 Å². The summed E-state index contributed by atoms with van der Waals surface area (Å²) in [4.78, 5) is 11.8. The fourth-order valence-corrected chi connectivity index (χ4v) is 3.68. The number of carboxylic acids is 1. The number of rotatable bonds is 6. The predicted octanol–water partition coefficient (Wildman–Crippen LogP) is 3.88. The standard InChI is InChI=1S/C15H16ClN3O3S/c16-11-6-5-10(22-8-9-3-1-2-4-9)7-12(11)23-14-13(15(20)21)17-19-18-14/h5-7,9H,1-4,8H2,(H,20,21)(H,17,18,19). The van der Waals surface area contributed by atoms with E-state index in [0.717, 1.165) is 17.5 Å². The van der Waals surface area contributed by atoms with Gasteiger partial charge in [0, 0.05) is 4.90 Å². The Morgan fingerprint density at radius 3 is 2.91 bits per heavy atom. The van der Waals surface area contributed by atoms with Crippen LogP contribution < -0.4 is 4.74 Å². The van der Waals surface area contributed by atoms with Gasteiger partial charge >= 0.3 is 5.97 Å². The summed E-state index contributed by atoms with van der Waals surface area (Å²) in [5.74, 6) is 0.214. The van der Waals surface area contributed by atoms with Crippen molar-refractivity contribution in [1.82, 2.24) is 15.4 Å². The first-order chi connectivity index (χ1) is 11.1. The minimum absolute atomic E-state index is 0.122. The van der Waals surface area contributed by atoms with E-state index in [0.29, 0.717) is 22.4 Å². The van der Waals surface area contributed by atoms with Gasteiger partial charge in [0.25, 0.3) is 0 Å². The summed E-state index contributed by atoms with van der Waals surface area (Å²) in [5, 5.41) is 19.7. The molecule has 0 amide bonds. The van der Waals surface area contributed by atoms with Crippen LogP contribution in [-0.4, -0.2) is 33.1 Å². The number of carboxylic acid groups (broad SMARTS) is 1. The lowest BCUT2D eigenvalue weighted by Crippen LogP contribution is -2.07. The Morgan fingerprint density at radius 1 is 1.39 bits per heavy atom. The number of H-pyrrole nitrogens is 1. The maximum Gasteiger partial charge on any atom is 0.359 e. The van der Waals surface area contributed by atoms with Crippen molar-refractivity contribution in [3.8, 4) is 5.75 Å². The van der Waals surface area contributed by atoms with Crippen molar-refractivity contribution in [1.29, 1.82) is 0 Å². The summed E-state index contributed by atoms with van der Waals surface area (Å²) >= 11 is 7.34. The molecule has 1 fully saturated rings. The molecule has 0 bridgehead atoms. The Hall–Kier alpha value is -1.73. The highest BCUT2D eigenvalue weighted by Crippen LogP contribution is 2.36. The first-order valence-electron chi connectivity index (χ1n) is 7.37. The first-order valence-corrected chi connectivity index (χ1v) is 8.57. The van der Waals surface area contributed by atoms with E-state index in [2.05, 4.69) is 15.4 Å². The first kappa shape index (κ1) is 16.1. The maximum absolute atomic E-state index is 11.1. The molecule has 0 atom stereocenters. The van der Waals surface area contributed by atoms with Gasteiger partial charge in [0.2, 0.25) is 5.69 Å². The Kier molecular flexibility index (Phi) is 5.07. The van der Waals surface area contributed by atoms with Gasteiger partial charge < -0.3 is 9.84 Å². The SMILES string of the molecule is O=C(O)c1n[nH]nc1Sc1cc(OCC2CCCC2)ccc1Cl. The van der Waals surface area contributed by atoms with E-state index in [1.54, 1.807) is 6.07 Å². The van der Waals surface area contributed by atoms with Gasteiger partial charge in [-0.05, 0) is 37.0 Å². The average Bonchev–Trinajstić information content (AvgIpc) is 3.19. The van der Waals surface area contributed by atoms with Crippen LogP contribution in [0, 0.1) is 5.92 Å². The van der Waals surface area contributed by atoms with Crippen molar-refractivity contribution >= 4 is 29.3 Å². The smallest absolute Gasteiger partial charge is 0.359 e. The van der Waals surface area contributed by atoms with Crippen molar-refractivity contribution < 1.29 is 14.6 Å². The van der Waals surface area contributed by atoms with Crippen molar-refractivity contribution in [3.63, 3.8) is 0 Å². The molecule has 3 rings (SSSR count). The van der Waals surface area contributed by atoms with Crippen LogP contribution in [0.1, 0.15) is 36.2 Å². The molecule has 1 aromatic heterocycles. The highest BCUT2D eigenvalue weighted by molar-refractivity contribution is 7.99. The topological polar surface area (TPSA) is 88.1 Å². The fraction of sp³-hybridized carbons (Fsp3) is 0.400.